The van der Waals surface area contributed by atoms with E-state index >= 15 is 0 Å². The molecule has 0 saturated heterocycles. The predicted octanol–water partition coefficient (Wildman–Crippen LogP) is 2.28. The summed E-state index contributed by atoms with van der Waals surface area (Å²) >= 11 is 0. The topological polar surface area (TPSA) is 183 Å². The highest BCUT2D eigenvalue weighted by Gasteiger charge is 2.20. The number of non-ortho nitro benzene ring substituents is 2. The number of aromatic nitrogens is 4. The molecule has 0 spiro atoms. The van der Waals surface area contributed by atoms with Crippen molar-refractivity contribution >= 4 is 33.4 Å². The quantitative estimate of drug-likeness (QED) is 0.366. The Morgan fingerprint density at radius 2 is 1.07 bits per heavy atom. The number of nitro benzene ring substituents is 2. The zero-order valence-electron chi connectivity index (χ0n) is 14.3. The smallest absolute Gasteiger partial charge is 0.301 e. The van der Waals surface area contributed by atoms with E-state index in [2.05, 4.69) is 29.9 Å². The number of benzene rings is 2. The number of methoxy groups -OCH3 is 2. The van der Waals surface area contributed by atoms with Gasteiger partial charge in [-0.05, 0) is 32.8 Å². The third-order valence-corrected chi connectivity index (χ3v) is 3.55. The number of hydrogen-bond donors (Lipinski definition) is 0. The normalized spacial score (nSPS) is 10.4. The van der Waals surface area contributed by atoms with Crippen molar-refractivity contribution in [3.63, 3.8) is 0 Å². The van der Waals surface area contributed by atoms with Gasteiger partial charge < -0.3 is 9.47 Å². The molecule has 0 bridgehead atoms. The van der Waals surface area contributed by atoms with Crippen LogP contribution in [-0.4, -0.2) is 44.7 Å². The Morgan fingerprint density at radius 1 is 0.714 bits per heavy atom. The van der Waals surface area contributed by atoms with Crippen LogP contribution < -0.4 is 9.47 Å². The van der Waals surface area contributed by atoms with Gasteiger partial charge >= 0.3 is 11.4 Å². The van der Waals surface area contributed by atoms with Crippen molar-refractivity contribution < 1.29 is 28.6 Å². The summed E-state index contributed by atoms with van der Waals surface area (Å²) in [6, 6.07) is 5.49. The second-order valence-corrected chi connectivity index (χ2v) is 5.01. The summed E-state index contributed by atoms with van der Waals surface area (Å²) in [6.07, 6.45) is 0. The summed E-state index contributed by atoms with van der Waals surface area (Å²) in [5, 5.41) is 35.1. The number of ether oxygens (including phenoxy) is 2. The van der Waals surface area contributed by atoms with Gasteiger partial charge in [0, 0.05) is 12.1 Å². The van der Waals surface area contributed by atoms with Crippen LogP contribution in [0.4, 0.5) is 11.4 Å². The third-order valence-electron chi connectivity index (χ3n) is 3.55. The van der Waals surface area contributed by atoms with Crippen molar-refractivity contribution in [2.24, 2.45) is 0 Å². The van der Waals surface area contributed by atoms with E-state index in [1.807, 2.05) is 0 Å². The Kier molecular flexibility index (Phi) is 4.93. The van der Waals surface area contributed by atoms with Gasteiger partial charge in [0.2, 0.25) is 11.0 Å². The van der Waals surface area contributed by atoms with E-state index in [9.17, 15) is 20.2 Å². The first-order chi connectivity index (χ1) is 13.5. The maximum absolute atomic E-state index is 10.6. The highest BCUT2D eigenvalue weighted by Crippen LogP contribution is 2.30. The van der Waals surface area contributed by atoms with Crippen LogP contribution in [0.5, 0.6) is 11.5 Å². The van der Waals surface area contributed by atoms with Crippen LogP contribution in [-0.2, 0) is 0 Å². The Balaban J connectivity index is 0.000000161. The molecule has 0 saturated carbocycles. The SMILES string of the molecule is COc1ccc([N+](=O)[O-])c2nonc12.COc1ccc([N+](=O)[O-])c2nonc12. The van der Waals surface area contributed by atoms with E-state index in [0.717, 1.165) is 0 Å². The van der Waals surface area contributed by atoms with Crippen LogP contribution >= 0.6 is 0 Å². The molecule has 14 heteroatoms. The first kappa shape index (κ1) is 18.4. The summed E-state index contributed by atoms with van der Waals surface area (Å²) < 4.78 is 18.7. The molecule has 0 amide bonds. The van der Waals surface area contributed by atoms with Crippen LogP contribution in [0.1, 0.15) is 0 Å². The van der Waals surface area contributed by atoms with Gasteiger partial charge in [0.25, 0.3) is 0 Å². The molecule has 0 aliphatic heterocycles. The van der Waals surface area contributed by atoms with Gasteiger partial charge in [0.15, 0.2) is 22.5 Å². The lowest BCUT2D eigenvalue weighted by atomic mass is 10.2. The molecule has 2 aromatic heterocycles. The Bertz CT molecular complexity index is 1080. The van der Waals surface area contributed by atoms with Gasteiger partial charge in [-0.3, -0.25) is 20.2 Å². The van der Waals surface area contributed by atoms with Gasteiger partial charge in [0.1, 0.15) is 0 Å². The van der Waals surface area contributed by atoms with Gasteiger partial charge in [0.05, 0.1) is 24.1 Å². The van der Waals surface area contributed by atoms with E-state index < -0.39 is 9.85 Å². The standard InChI is InChI=1S/2C7H5N3O4/c2*1-13-5-3-2-4(10(11)12)6-7(5)9-14-8-6/h2*2-3H,1H3. The lowest BCUT2D eigenvalue weighted by Gasteiger charge is -1.97. The minimum atomic E-state index is -0.550. The molecular formula is C14H10N6O8. The molecule has 2 aromatic carbocycles. The summed E-state index contributed by atoms with van der Waals surface area (Å²) in [7, 11) is 2.88. The number of hydrogen-bond acceptors (Lipinski definition) is 12. The van der Waals surface area contributed by atoms with Gasteiger partial charge in [-0.25, -0.2) is 9.26 Å². The fourth-order valence-electron chi connectivity index (χ4n) is 2.29. The monoisotopic (exact) mass is 390 g/mol. The van der Waals surface area contributed by atoms with Crippen LogP contribution in [0, 0.1) is 20.2 Å². The molecule has 2 heterocycles. The first-order valence-electron chi connectivity index (χ1n) is 7.35. The minimum absolute atomic E-state index is 0.0920. The van der Waals surface area contributed by atoms with E-state index in [4.69, 9.17) is 9.47 Å². The average Bonchev–Trinajstić information content (AvgIpc) is 3.36. The van der Waals surface area contributed by atoms with Crippen molar-refractivity contribution in [2.45, 2.75) is 0 Å². The fourth-order valence-corrected chi connectivity index (χ4v) is 2.29. The third kappa shape index (κ3) is 3.20. The van der Waals surface area contributed by atoms with Crippen LogP contribution in [0.2, 0.25) is 0 Å². The molecule has 4 aromatic rings. The van der Waals surface area contributed by atoms with Crippen LogP contribution in [0.3, 0.4) is 0 Å². The van der Waals surface area contributed by atoms with Gasteiger partial charge in [-0.1, -0.05) is 0 Å². The fraction of sp³-hybridized carbons (Fsp3) is 0.143. The van der Waals surface area contributed by atoms with E-state index in [1.165, 1.54) is 38.5 Å². The molecule has 0 aliphatic carbocycles. The summed E-state index contributed by atoms with van der Waals surface area (Å²) in [6.45, 7) is 0. The lowest BCUT2D eigenvalue weighted by Crippen LogP contribution is -1.91. The zero-order chi connectivity index (χ0) is 20.3. The molecule has 0 N–H and O–H groups in total. The van der Waals surface area contributed by atoms with Crippen LogP contribution in [0.15, 0.2) is 33.5 Å². The van der Waals surface area contributed by atoms with Crippen molar-refractivity contribution in [3.8, 4) is 11.5 Å². The Morgan fingerprint density at radius 3 is 1.39 bits per heavy atom. The number of rotatable bonds is 4. The van der Waals surface area contributed by atoms with Gasteiger partial charge in [-0.15, -0.1) is 0 Å². The Labute approximate surface area is 153 Å². The molecule has 14 nitrogen and oxygen atoms in total. The van der Waals surface area contributed by atoms with Crippen molar-refractivity contribution in [1.82, 2.24) is 20.6 Å². The summed E-state index contributed by atoms with van der Waals surface area (Å²) in [5.41, 5.74) is 0.385. The summed E-state index contributed by atoms with van der Waals surface area (Å²) in [5.74, 6) is 0.790. The second-order valence-electron chi connectivity index (χ2n) is 5.01. The van der Waals surface area contributed by atoms with E-state index in [1.54, 1.807) is 0 Å². The highest BCUT2D eigenvalue weighted by atomic mass is 16.6. The number of nitro groups is 2. The second kappa shape index (κ2) is 7.48. The molecule has 0 atom stereocenters. The largest absolute Gasteiger partial charge is 0.494 e. The average molecular weight is 390 g/mol. The molecule has 0 fully saturated rings. The van der Waals surface area contributed by atoms with E-state index in [0.29, 0.717) is 11.5 Å². The summed E-state index contributed by atoms with van der Waals surface area (Å²) in [4.78, 5) is 20.0. The van der Waals surface area contributed by atoms with E-state index in [-0.39, 0.29) is 33.4 Å². The minimum Gasteiger partial charge on any atom is -0.494 e. The first-order valence-corrected chi connectivity index (χ1v) is 7.35. The molecule has 0 radical (unpaired) electrons. The number of fused-ring (bicyclic) bond motifs is 2. The van der Waals surface area contributed by atoms with Crippen molar-refractivity contribution in [3.05, 3.63) is 44.5 Å². The Hall–Kier alpha value is -4.36. The van der Waals surface area contributed by atoms with Gasteiger partial charge in [-0.2, -0.15) is 0 Å². The van der Waals surface area contributed by atoms with Crippen molar-refractivity contribution in [2.75, 3.05) is 14.2 Å². The zero-order valence-corrected chi connectivity index (χ0v) is 14.3. The molecule has 4 rings (SSSR count). The number of nitrogens with zero attached hydrogens (tertiary/aromatic N) is 6. The van der Waals surface area contributed by atoms with Crippen molar-refractivity contribution in [1.29, 1.82) is 0 Å². The predicted molar refractivity (Wildman–Crippen MR) is 90.0 cm³/mol. The maximum atomic E-state index is 10.6. The lowest BCUT2D eigenvalue weighted by molar-refractivity contribution is -0.383. The molecule has 0 unspecified atom stereocenters. The van der Waals surface area contributed by atoms with Crippen LogP contribution in [0.25, 0.3) is 22.1 Å². The molecule has 0 aliphatic rings. The maximum Gasteiger partial charge on any atom is 0.301 e. The molecule has 28 heavy (non-hydrogen) atoms. The molecule has 144 valence electrons. The highest BCUT2D eigenvalue weighted by molar-refractivity contribution is 5.88. The molecular weight excluding hydrogens is 380 g/mol.